The second kappa shape index (κ2) is 7.00. The highest BCUT2D eigenvalue weighted by atomic mass is 15.1. The maximum atomic E-state index is 6.47. The first-order chi connectivity index (χ1) is 9.79. The van der Waals surface area contributed by atoms with Gasteiger partial charge in [0.25, 0.3) is 0 Å². The van der Waals surface area contributed by atoms with Gasteiger partial charge in [-0.1, -0.05) is 40.5 Å². The summed E-state index contributed by atoms with van der Waals surface area (Å²) >= 11 is 0. The van der Waals surface area contributed by atoms with Gasteiger partial charge < -0.3 is 10.6 Å². The summed E-state index contributed by atoms with van der Waals surface area (Å²) in [6.07, 6.45) is 9.53. The van der Waals surface area contributed by atoms with E-state index in [0.717, 1.165) is 17.9 Å². The number of nitrogens with zero attached hydrogens (tertiary/aromatic N) is 1. The van der Waals surface area contributed by atoms with Gasteiger partial charge in [-0.2, -0.15) is 0 Å². The first-order valence-corrected chi connectivity index (χ1v) is 9.25. The maximum Gasteiger partial charge on any atom is 0.0118 e. The molecular weight excluding hydrogens is 256 g/mol. The van der Waals surface area contributed by atoms with Crippen LogP contribution >= 0.6 is 0 Å². The van der Waals surface area contributed by atoms with Crippen molar-refractivity contribution in [1.82, 2.24) is 4.90 Å². The summed E-state index contributed by atoms with van der Waals surface area (Å²) in [6.45, 7) is 10.9. The third-order valence-corrected chi connectivity index (χ3v) is 6.42. The zero-order valence-corrected chi connectivity index (χ0v) is 15.1. The van der Waals surface area contributed by atoms with Gasteiger partial charge in [-0.25, -0.2) is 0 Å². The van der Waals surface area contributed by atoms with Crippen LogP contribution in [0.5, 0.6) is 0 Å². The SMILES string of the molecule is CC1CCCCC1N(C)CC1CC(C(C)(C)C)CCC1N. The van der Waals surface area contributed by atoms with Crippen molar-refractivity contribution in [2.75, 3.05) is 13.6 Å². The highest BCUT2D eigenvalue weighted by Crippen LogP contribution is 2.40. The average molecular weight is 295 g/mol. The van der Waals surface area contributed by atoms with Crippen LogP contribution in [0, 0.1) is 23.2 Å². The van der Waals surface area contributed by atoms with Crippen LogP contribution in [0.3, 0.4) is 0 Å². The lowest BCUT2D eigenvalue weighted by atomic mass is 9.67. The molecule has 2 heteroatoms. The van der Waals surface area contributed by atoms with E-state index in [4.69, 9.17) is 5.73 Å². The summed E-state index contributed by atoms with van der Waals surface area (Å²) in [4.78, 5) is 2.65. The van der Waals surface area contributed by atoms with E-state index >= 15 is 0 Å². The highest BCUT2D eigenvalue weighted by molar-refractivity contribution is 4.90. The van der Waals surface area contributed by atoms with Crippen LogP contribution in [0.25, 0.3) is 0 Å². The maximum absolute atomic E-state index is 6.47. The monoisotopic (exact) mass is 294 g/mol. The predicted octanol–water partition coefficient (Wildman–Crippen LogP) is 4.29. The molecule has 0 amide bonds. The normalized spacial score (nSPS) is 38.7. The van der Waals surface area contributed by atoms with Gasteiger partial charge >= 0.3 is 0 Å². The Morgan fingerprint density at radius 2 is 1.71 bits per heavy atom. The van der Waals surface area contributed by atoms with Crippen molar-refractivity contribution in [3.8, 4) is 0 Å². The molecule has 0 saturated heterocycles. The van der Waals surface area contributed by atoms with E-state index in [1.165, 1.54) is 51.5 Å². The molecule has 0 radical (unpaired) electrons. The van der Waals surface area contributed by atoms with Crippen molar-refractivity contribution in [2.24, 2.45) is 28.9 Å². The van der Waals surface area contributed by atoms with E-state index < -0.39 is 0 Å². The lowest BCUT2D eigenvalue weighted by Gasteiger charge is -2.44. The molecule has 21 heavy (non-hydrogen) atoms. The van der Waals surface area contributed by atoms with Crippen molar-refractivity contribution in [3.63, 3.8) is 0 Å². The van der Waals surface area contributed by atoms with Gasteiger partial charge in [0.1, 0.15) is 0 Å². The van der Waals surface area contributed by atoms with E-state index in [2.05, 4.69) is 39.6 Å². The van der Waals surface area contributed by atoms with E-state index in [1.54, 1.807) is 0 Å². The molecular formula is C19H38N2. The molecule has 2 aliphatic rings. The molecule has 124 valence electrons. The Balaban J connectivity index is 1.93. The molecule has 5 unspecified atom stereocenters. The van der Waals surface area contributed by atoms with E-state index in [1.807, 2.05) is 0 Å². The van der Waals surface area contributed by atoms with Crippen molar-refractivity contribution in [3.05, 3.63) is 0 Å². The van der Waals surface area contributed by atoms with Crippen LogP contribution in [0.2, 0.25) is 0 Å². The Morgan fingerprint density at radius 3 is 2.33 bits per heavy atom. The molecule has 2 rings (SSSR count). The lowest BCUT2D eigenvalue weighted by Crippen LogP contribution is -2.48. The Kier molecular flexibility index (Phi) is 5.76. The van der Waals surface area contributed by atoms with Crippen molar-refractivity contribution in [1.29, 1.82) is 0 Å². The molecule has 2 saturated carbocycles. The summed E-state index contributed by atoms with van der Waals surface area (Å²) in [6, 6.07) is 1.21. The van der Waals surface area contributed by atoms with Crippen LogP contribution in [0.15, 0.2) is 0 Å². The molecule has 0 aliphatic heterocycles. The lowest BCUT2D eigenvalue weighted by molar-refractivity contribution is 0.0716. The number of rotatable bonds is 3. The van der Waals surface area contributed by atoms with Crippen LogP contribution < -0.4 is 5.73 Å². The first-order valence-electron chi connectivity index (χ1n) is 9.25. The van der Waals surface area contributed by atoms with E-state index in [0.29, 0.717) is 17.4 Å². The molecule has 2 aliphatic carbocycles. The minimum Gasteiger partial charge on any atom is -0.327 e. The fourth-order valence-electron chi connectivity index (χ4n) is 4.74. The van der Waals surface area contributed by atoms with Crippen LogP contribution in [0.1, 0.15) is 72.6 Å². The Hall–Kier alpha value is -0.0800. The fourth-order valence-corrected chi connectivity index (χ4v) is 4.74. The second-order valence-corrected chi connectivity index (χ2v) is 9.07. The molecule has 2 fully saturated rings. The smallest absolute Gasteiger partial charge is 0.0118 e. The Labute approximate surface area is 132 Å². The van der Waals surface area contributed by atoms with Gasteiger partial charge in [0, 0.05) is 18.6 Å². The third-order valence-electron chi connectivity index (χ3n) is 6.42. The zero-order valence-electron chi connectivity index (χ0n) is 15.1. The summed E-state index contributed by atoms with van der Waals surface area (Å²) in [7, 11) is 2.35. The molecule has 0 heterocycles. The number of hydrogen-bond acceptors (Lipinski definition) is 2. The van der Waals surface area contributed by atoms with Crippen LogP contribution in [0.4, 0.5) is 0 Å². The minimum absolute atomic E-state index is 0.421. The first kappa shape index (κ1) is 17.3. The van der Waals surface area contributed by atoms with Crippen molar-refractivity contribution >= 4 is 0 Å². The van der Waals surface area contributed by atoms with Gasteiger partial charge in [0.05, 0.1) is 0 Å². The second-order valence-electron chi connectivity index (χ2n) is 9.07. The van der Waals surface area contributed by atoms with Gasteiger partial charge in [-0.05, 0) is 62.3 Å². The van der Waals surface area contributed by atoms with Gasteiger partial charge in [-0.3, -0.25) is 0 Å². The molecule has 0 aromatic carbocycles. The molecule has 0 aromatic rings. The van der Waals surface area contributed by atoms with Crippen LogP contribution in [-0.4, -0.2) is 30.6 Å². The molecule has 0 bridgehead atoms. The molecule has 0 aromatic heterocycles. The highest BCUT2D eigenvalue weighted by Gasteiger charge is 2.36. The molecule has 5 atom stereocenters. The van der Waals surface area contributed by atoms with Gasteiger partial charge in [0.2, 0.25) is 0 Å². The van der Waals surface area contributed by atoms with E-state index in [9.17, 15) is 0 Å². The predicted molar refractivity (Wildman–Crippen MR) is 92.3 cm³/mol. The standard InChI is InChI=1S/C19H38N2/c1-14-8-6-7-9-18(14)21(5)13-15-12-16(19(2,3)4)10-11-17(15)20/h14-18H,6-13,20H2,1-5H3. The van der Waals surface area contributed by atoms with Crippen LogP contribution in [-0.2, 0) is 0 Å². The minimum atomic E-state index is 0.421. The molecule has 2 nitrogen and oxygen atoms in total. The summed E-state index contributed by atoms with van der Waals surface area (Å²) < 4.78 is 0. The molecule has 2 N–H and O–H groups in total. The molecule has 0 spiro atoms. The summed E-state index contributed by atoms with van der Waals surface area (Å²) in [5.41, 5.74) is 6.91. The number of nitrogens with two attached hydrogens (primary N) is 1. The van der Waals surface area contributed by atoms with Crippen molar-refractivity contribution in [2.45, 2.75) is 84.7 Å². The van der Waals surface area contributed by atoms with Gasteiger partial charge in [-0.15, -0.1) is 0 Å². The van der Waals surface area contributed by atoms with Crippen molar-refractivity contribution < 1.29 is 0 Å². The third kappa shape index (κ3) is 4.45. The summed E-state index contributed by atoms with van der Waals surface area (Å²) in [5.74, 6) is 2.41. The largest absolute Gasteiger partial charge is 0.327 e. The topological polar surface area (TPSA) is 29.3 Å². The average Bonchev–Trinajstić information content (AvgIpc) is 2.40. The quantitative estimate of drug-likeness (QED) is 0.841. The Bertz CT molecular complexity index is 320. The van der Waals surface area contributed by atoms with E-state index in [-0.39, 0.29) is 0 Å². The summed E-state index contributed by atoms with van der Waals surface area (Å²) in [5, 5.41) is 0. The Morgan fingerprint density at radius 1 is 1.05 bits per heavy atom. The number of hydrogen-bond donors (Lipinski definition) is 1. The zero-order chi connectivity index (χ0) is 15.6. The van der Waals surface area contributed by atoms with Gasteiger partial charge in [0.15, 0.2) is 0 Å². The fraction of sp³-hybridized carbons (Fsp3) is 1.00.